The number of hydrogen-bond acceptors (Lipinski definition) is 2. The van der Waals surface area contributed by atoms with Crippen LogP contribution in [-0.2, 0) is 11.2 Å². The number of unbranched alkanes of at least 4 members (excludes halogenated alkanes) is 2. The molecule has 0 atom stereocenters. The summed E-state index contributed by atoms with van der Waals surface area (Å²) in [7, 11) is 1.73. The molecule has 1 amide bonds. The predicted molar refractivity (Wildman–Crippen MR) is 73.3 cm³/mol. The lowest BCUT2D eigenvalue weighted by molar-refractivity contribution is -0.129. The van der Waals surface area contributed by atoms with Gasteiger partial charge < -0.3 is 10.0 Å². The van der Waals surface area contributed by atoms with Crippen LogP contribution in [0.5, 0.6) is 0 Å². The SMILES string of the molecule is CN(CCCCCO)C(=O)CCc1ccc(F)c(F)c1. The van der Waals surface area contributed by atoms with Crippen molar-refractivity contribution in [1.82, 2.24) is 4.90 Å². The smallest absolute Gasteiger partial charge is 0.222 e. The van der Waals surface area contributed by atoms with E-state index in [1.54, 1.807) is 11.9 Å². The fourth-order valence-electron chi connectivity index (χ4n) is 1.90. The fraction of sp³-hybridized carbons (Fsp3) is 0.533. The first-order valence-electron chi connectivity index (χ1n) is 6.83. The van der Waals surface area contributed by atoms with Gasteiger partial charge in [-0.3, -0.25) is 4.79 Å². The number of carbonyl (C=O) groups is 1. The van der Waals surface area contributed by atoms with Crippen molar-refractivity contribution in [2.75, 3.05) is 20.2 Å². The molecule has 0 aliphatic carbocycles. The van der Waals surface area contributed by atoms with Crippen LogP contribution in [0.1, 0.15) is 31.2 Å². The molecule has 20 heavy (non-hydrogen) atoms. The van der Waals surface area contributed by atoms with Crippen molar-refractivity contribution >= 4 is 5.91 Å². The number of carbonyl (C=O) groups excluding carboxylic acids is 1. The van der Waals surface area contributed by atoms with Crippen molar-refractivity contribution in [3.8, 4) is 0 Å². The van der Waals surface area contributed by atoms with E-state index >= 15 is 0 Å². The minimum absolute atomic E-state index is 0.0151. The van der Waals surface area contributed by atoms with Crippen LogP contribution in [0.15, 0.2) is 18.2 Å². The van der Waals surface area contributed by atoms with E-state index in [1.807, 2.05) is 0 Å². The van der Waals surface area contributed by atoms with E-state index in [4.69, 9.17) is 5.11 Å². The molecule has 1 aromatic rings. The van der Waals surface area contributed by atoms with Gasteiger partial charge in [0, 0.05) is 26.6 Å². The van der Waals surface area contributed by atoms with Gasteiger partial charge in [-0.25, -0.2) is 8.78 Å². The maximum atomic E-state index is 13.0. The molecule has 5 heteroatoms. The quantitative estimate of drug-likeness (QED) is 0.746. The second kappa shape index (κ2) is 8.64. The van der Waals surface area contributed by atoms with Crippen LogP contribution in [0, 0.1) is 11.6 Å². The van der Waals surface area contributed by atoms with Crippen LogP contribution in [-0.4, -0.2) is 36.1 Å². The number of aliphatic hydroxyl groups excluding tert-OH is 1. The second-order valence-electron chi connectivity index (χ2n) is 4.85. The first-order valence-corrected chi connectivity index (χ1v) is 6.83. The van der Waals surface area contributed by atoms with Crippen molar-refractivity contribution in [1.29, 1.82) is 0 Å². The third-order valence-electron chi connectivity index (χ3n) is 3.19. The average Bonchev–Trinajstić information content (AvgIpc) is 2.44. The minimum atomic E-state index is -0.882. The molecule has 0 bridgehead atoms. The topological polar surface area (TPSA) is 40.5 Å². The highest BCUT2D eigenvalue weighted by Gasteiger charge is 2.09. The third kappa shape index (κ3) is 5.65. The minimum Gasteiger partial charge on any atom is -0.396 e. The van der Waals surface area contributed by atoms with E-state index < -0.39 is 11.6 Å². The van der Waals surface area contributed by atoms with Gasteiger partial charge in [0.2, 0.25) is 5.91 Å². The predicted octanol–water partition coefficient (Wildman–Crippen LogP) is 2.52. The van der Waals surface area contributed by atoms with Gasteiger partial charge in [0.15, 0.2) is 11.6 Å². The average molecular weight is 285 g/mol. The summed E-state index contributed by atoms with van der Waals surface area (Å²) in [5.74, 6) is -1.77. The van der Waals surface area contributed by atoms with E-state index in [1.165, 1.54) is 6.07 Å². The first-order chi connectivity index (χ1) is 9.54. The maximum absolute atomic E-state index is 13.0. The van der Waals surface area contributed by atoms with Crippen LogP contribution < -0.4 is 0 Å². The van der Waals surface area contributed by atoms with Crippen molar-refractivity contribution < 1.29 is 18.7 Å². The molecule has 112 valence electrons. The van der Waals surface area contributed by atoms with Crippen LogP contribution in [0.25, 0.3) is 0 Å². The lowest BCUT2D eigenvalue weighted by Gasteiger charge is -2.17. The normalized spacial score (nSPS) is 10.6. The molecule has 0 saturated heterocycles. The Hall–Kier alpha value is -1.49. The van der Waals surface area contributed by atoms with E-state index in [2.05, 4.69) is 0 Å². The van der Waals surface area contributed by atoms with Gasteiger partial charge in [-0.2, -0.15) is 0 Å². The summed E-state index contributed by atoms with van der Waals surface area (Å²) in [5, 5.41) is 8.65. The largest absolute Gasteiger partial charge is 0.396 e. The summed E-state index contributed by atoms with van der Waals surface area (Å²) in [6, 6.07) is 3.70. The van der Waals surface area contributed by atoms with Gasteiger partial charge in [-0.1, -0.05) is 6.07 Å². The van der Waals surface area contributed by atoms with Gasteiger partial charge in [-0.15, -0.1) is 0 Å². The zero-order valence-corrected chi connectivity index (χ0v) is 11.7. The Balaban J connectivity index is 2.32. The van der Waals surface area contributed by atoms with Crippen molar-refractivity contribution in [2.45, 2.75) is 32.1 Å². The maximum Gasteiger partial charge on any atom is 0.222 e. The zero-order valence-electron chi connectivity index (χ0n) is 11.7. The monoisotopic (exact) mass is 285 g/mol. The van der Waals surface area contributed by atoms with Crippen molar-refractivity contribution in [2.24, 2.45) is 0 Å². The van der Waals surface area contributed by atoms with E-state index in [0.717, 1.165) is 31.4 Å². The van der Waals surface area contributed by atoms with Gasteiger partial charge >= 0.3 is 0 Å². The molecule has 0 aliphatic rings. The van der Waals surface area contributed by atoms with Crippen molar-refractivity contribution in [3.63, 3.8) is 0 Å². The molecule has 0 fully saturated rings. The summed E-state index contributed by atoms with van der Waals surface area (Å²) >= 11 is 0. The molecule has 3 nitrogen and oxygen atoms in total. The molecule has 0 aliphatic heterocycles. The first kappa shape index (κ1) is 16.6. The van der Waals surface area contributed by atoms with E-state index in [9.17, 15) is 13.6 Å². The number of halogens is 2. The van der Waals surface area contributed by atoms with Crippen LogP contribution in [0.4, 0.5) is 8.78 Å². The van der Waals surface area contributed by atoms with Gasteiger partial charge in [0.05, 0.1) is 0 Å². The lowest BCUT2D eigenvalue weighted by atomic mass is 10.1. The summed E-state index contributed by atoms with van der Waals surface area (Å²) in [4.78, 5) is 13.5. The highest BCUT2D eigenvalue weighted by atomic mass is 19.2. The molecule has 1 aromatic carbocycles. The van der Waals surface area contributed by atoms with Crippen molar-refractivity contribution in [3.05, 3.63) is 35.4 Å². The van der Waals surface area contributed by atoms with Gasteiger partial charge in [0.1, 0.15) is 0 Å². The number of aliphatic hydroxyl groups is 1. The zero-order chi connectivity index (χ0) is 15.0. The van der Waals surface area contributed by atoms with E-state index in [-0.39, 0.29) is 18.9 Å². The summed E-state index contributed by atoms with van der Waals surface area (Å²) in [5.41, 5.74) is 0.617. The van der Waals surface area contributed by atoms with Crippen LogP contribution >= 0.6 is 0 Å². The van der Waals surface area contributed by atoms with E-state index in [0.29, 0.717) is 18.5 Å². The number of aryl methyl sites for hydroxylation is 1. The molecule has 0 aromatic heterocycles. The van der Waals surface area contributed by atoms with Crippen LogP contribution in [0.2, 0.25) is 0 Å². The Morgan fingerprint density at radius 2 is 1.95 bits per heavy atom. The molecular weight excluding hydrogens is 264 g/mol. The van der Waals surface area contributed by atoms with Crippen LogP contribution in [0.3, 0.4) is 0 Å². The molecule has 0 unspecified atom stereocenters. The second-order valence-corrected chi connectivity index (χ2v) is 4.85. The number of amides is 1. The molecule has 1 N–H and O–H groups in total. The number of benzene rings is 1. The Labute approximate surface area is 118 Å². The number of hydrogen-bond donors (Lipinski definition) is 1. The standard InChI is InChI=1S/C15H21F2NO2/c1-18(9-3-2-4-10-19)15(20)8-6-12-5-7-13(16)14(17)11-12/h5,7,11,19H,2-4,6,8-10H2,1H3. The summed E-state index contributed by atoms with van der Waals surface area (Å²) < 4.78 is 25.8. The Bertz CT molecular complexity index is 438. The Kier molecular flexibility index (Phi) is 7.15. The number of nitrogens with zero attached hydrogens (tertiary/aromatic N) is 1. The molecule has 1 rings (SSSR count). The summed E-state index contributed by atoms with van der Waals surface area (Å²) in [6.07, 6.45) is 3.17. The molecule has 0 radical (unpaired) electrons. The third-order valence-corrected chi connectivity index (χ3v) is 3.19. The van der Waals surface area contributed by atoms with Gasteiger partial charge in [0.25, 0.3) is 0 Å². The Morgan fingerprint density at radius 1 is 1.20 bits per heavy atom. The molecule has 0 heterocycles. The summed E-state index contributed by atoms with van der Waals surface area (Å²) in [6.45, 7) is 0.824. The fourth-order valence-corrected chi connectivity index (χ4v) is 1.90. The van der Waals surface area contributed by atoms with Gasteiger partial charge in [-0.05, 0) is 43.4 Å². The molecule has 0 spiro atoms. The highest BCUT2D eigenvalue weighted by molar-refractivity contribution is 5.76. The molecule has 0 saturated carbocycles. The molecular formula is C15H21F2NO2. The number of rotatable bonds is 8. The lowest BCUT2D eigenvalue weighted by Crippen LogP contribution is -2.27. The Morgan fingerprint density at radius 3 is 2.60 bits per heavy atom. The highest BCUT2D eigenvalue weighted by Crippen LogP contribution is 2.11.